The van der Waals surface area contributed by atoms with Crippen LogP contribution in [0, 0.1) is 0 Å². The number of ether oxygens (including phenoxy) is 1. The SMILES string of the molecule is CCC[SiH2]c1ccc(Cl)c(N2CC(C)OC(C)C2)c1. The van der Waals surface area contributed by atoms with E-state index in [9.17, 15) is 0 Å². The van der Waals surface area contributed by atoms with E-state index in [1.807, 2.05) is 0 Å². The molecular weight excluding hydrogens is 274 g/mol. The standard InChI is InChI=1S/C15H24ClNOSi/c1-4-7-19-13-5-6-14(16)15(8-13)17-9-11(2)18-12(3)10-17/h5-6,8,11-12H,4,7,9-10,19H2,1-3H3. The normalized spacial score (nSPS) is 24.3. The third kappa shape index (κ3) is 3.97. The molecule has 0 spiro atoms. The van der Waals surface area contributed by atoms with Crippen molar-refractivity contribution in [2.45, 2.75) is 45.4 Å². The third-order valence-corrected chi connectivity index (χ3v) is 5.99. The van der Waals surface area contributed by atoms with Gasteiger partial charge in [0.05, 0.1) is 32.4 Å². The summed E-state index contributed by atoms with van der Waals surface area (Å²) < 4.78 is 5.80. The molecule has 106 valence electrons. The Bertz CT molecular complexity index is 417. The smallest absolute Gasteiger partial charge is 0.0726 e. The van der Waals surface area contributed by atoms with Crippen LogP contribution in [0.1, 0.15) is 27.2 Å². The summed E-state index contributed by atoms with van der Waals surface area (Å²) in [6.07, 6.45) is 1.84. The Hall–Kier alpha value is -0.513. The highest BCUT2D eigenvalue weighted by Gasteiger charge is 2.23. The van der Waals surface area contributed by atoms with Crippen molar-refractivity contribution in [2.75, 3.05) is 18.0 Å². The fraction of sp³-hybridized carbons (Fsp3) is 0.600. The number of halogens is 1. The second-order valence-electron chi connectivity index (χ2n) is 5.55. The van der Waals surface area contributed by atoms with Gasteiger partial charge in [-0.15, -0.1) is 0 Å². The van der Waals surface area contributed by atoms with Gasteiger partial charge in [-0.25, -0.2) is 0 Å². The van der Waals surface area contributed by atoms with Crippen molar-refractivity contribution < 1.29 is 4.74 Å². The second kappa shape index (κ2) is 6.78. The summed E-state index contributed by atoms with van der Waals surface area (Å²) >= 11 is 6.39. The number of hydrogen-bond donors (Lipinski definition) is 0. The molecule has 1 aromatic rings. The van der Waals surface area contributed by atoms with E-state index in [4.69, 9.17) is 16.3 Å². The molecule has 1 saturated heterocycles. The molecule has 0 saturated carbocycles. The Kier molecular flexibility index (Phi) is 5.31. The molecule has 0 aliphatic carbocycles. The van der Waals surface area contributed by atoms with E-state index in [0.717, 1.165) is 18.1 Å². The molecule has 1 aromatic carbocycles. The van der Waals surface area contributed by atoms with Gasteiger partial charge in [0.25, 0.3) is 0 Å². The molecule has 2 rings (SSSR count). The fourth-order valence-corrected chi connectivity index (χ4v) is 4.33. The van der Waals surface area contributed by atoms with Crippen LogP contribution < -0.4 is 10.1 Å². The molecule has 1 heterocycles. The van der Waals surface area contributed by atoms with E-state index < -0.39 is 0 Å². The maximum absolute atomic E-state index is 6.39. The molecule has 19 heavy (non-hydrogen) atoms. The highest BCUT2D eigenvalue weighted by atomic mass is 35.5. The van der Waals surface area contributed by atoms with E-state index >= 15 is 0 Å². The van der Waals surface area contributed by atoms with Crippen LogP contribution in [0.3, 0.4) is 0 Å². The van der Waals surface area contributed by atoms with Crippen molar-refractivity contribution in [2.24, 2.45) is 0 Å². The van der Waals surface area contributed by atoms with Crippen LogP contribution in [0.25, 0.3) is 0 Å². The van der Waals surface area contributed by atoms with E-state index in [1.54, 1.807) is 0 Å². The van der Waals surface area contributed by atoms with E-state index in [-0.39, 0.29) is 21.7 Å². The molecule has 1 aliphatic rings. The van der Waals surface area contributed by atoms with Crippen molar-refractivity contribution in [3.05, 3.63) is 23.2 Å². The minimum absolute atomic E-state index is 0.127. The molecular formula is C15H24ClNOSi. The fourth-order valence-electron chi connectivity index (χ4n) is 2.71. The summed E-state index contributed by atoms with van der Waals surface area (Å²) in [7, 11) is -0.127. The predicted octanol–water partition coefficient (Wildman–Crippen LogP) is 2.58. The van der Waals surface area contributed by atoms with Crippen LogP contribution in [0.5, 0.6) is 0 Å². The number of morpholine rings is 1. The Labute approximate surface area is 123 Å². The Morgan fingerprint density at radius 2 is 2.00 bits per heavy atom. The average Bonchev–Trinajstić information content (AvgIpc) is 2.36. The van der Waals surface area contributed by atoms with Crippen molar-refractivity contribution in [1.82, 2.24) is 0 Å². The Morgan fingerprint density at radius 3 is 2.63 bits per heavy atom. The van der Waals surface area contributed by atoms with Crippen LogP contribution in [0.4, 0.5) is 5.69 Å². The number of rotatable bonds is 4. The average molecular weight is 298 g/mol. The van der Waals surface area contributed by atoms with Gasteiger partial charge in [-0.1, -0.05) is 42.2 Å². The van der Waals surface area contributed by atoms with Crippen LogP contribution in [0.15, 0.2) is 18.2 Å². The van der Waals surface area contributed by atoms with Gasteiger partial charge in [0.15, 0.2) is 0 Å². The van der Waals surface area contributed by atoms with E-state index in [2.05, 4.69) is 43.9 Å². The van der Waals surface area contributed by atoms with Gasteiger partial charge >= 0.3 is 0 Å². The maximum atomic E-state index is 6.39. The summed E-state index contributed by atoms with van der Waals surface area (Å²) in [6.45, 7) is 8.39. The molecule has 2 atom stereocenters. The van der Waals surface area contributed by atoms with Crippen LogP contribution in [0.2, 0.25) is 11.1 Å². The quantitative estimate of drug-likeness (QED) is 0.792. The van der Waals surface area contributed by atoms with Crippen LogP contribution in [-0.2, 0) is 4.74 Å². The van der Waals surface area contributed by atoms with Crippen LogP contribution >= 0.6 is 11.6 Å². The van der Waals surface area contributed by atoms with Gasteiger partial charge in [-0.2, -0.15) is 0 Å². The lowest BCUT2D eigenvalue weighted by Gasteiger charge is -2.37. The van der Waals surface area contributed by atoms with Gasteiger partial charge < -0.3 is 9.64 Å². The lowest BCUT2D eigenvalue weighted by Crippen LogP contribution is -2.45. The van der Waals surface area contributed by atoms with Crippen molar-refractivity contribution >= 4 is 32.0 Å². The van der Waals surface area contributed by atoms with Crippen molar-refractivity contribution in [3.8, 4) is 0 Å². The molecule has 1 fully saturated rings. The predicted molar refractivity (Wildman–Crippen MR) is 87.0 cm³/mol. The topological polar surface area (TPSA) is 12.5 Å². The van der Waals surface area contributed by atoms with E-state index in [1.165, 1.54) is 23.3 Å². The zero-order valence-electron chi connectivity index (χ0n) is 12.2. The lowest BCUT2D eigenvalue weighted by atomic mass is 10.2. The first-order valence-corrected chi connectivity index (χ1v) is 9.37. The number of anilines is 1. The zero-order chi connectivity index (χ0) is 13.8. The minimum atomic E-state index is -0.127. The molecule has 2 unspecified atom stereocenters. The molecule has 2 nitrogen and oxygen atoms in total. The first-order valence-electron chi connectivity index (χ1n) is 7.29. The van der Waals surface area contributed by atoms with Crippen LogP contribution in [-0.4, -0.2) is 34.8 Å². The molecule has 4 heteroatoms. The van der Waals surface area contributed by atoms with Crippen molar-refractivity contribution in [3.63, 3.8) is 0 Å². The number of benzene rings is 1. The number of hydrogen-bond acceptors (Lipinski definition) is 2. The highest BCUT2D eigenvalue weighted by Crippen LogP contribution is 2.27. The summed E-state index contributed by atoms with van der Waals surface area (Å²) in [4.78, 5) is 2.38. The van der Waals surface area contributed by atoms with Crippen molar-refractivity contribution in [1.29, 1.82) is 0 Å². The summed E-state index contributed by atoms with van der Waals surface area (Å²) in [5.41, 5.74) is 1.20. The molecule has 0 bridgehead atoms. The van der Waals surface area contributed by atoms with Gasteiger partial charge in [-0.05, 0) is 26.0 Å². The number of nitrogens with zero attached hydrogens (tertiary/aromatic N) is 1. The zero-order valence-corrected chi connectivity index (χ0v) is 14.3. The molecule has 0 N–H and O–H groups in total. The van der Waals surface area contributed by atoms with Gasteiger partial charge in [0.1, 0.15) is 0 Å². The Balaban J connectivity index is 2.17. The van der Waals surface area contributed by atoms with Gasteiger partial charge in [-0.3, -0.25) is 0 Å². The van der Waals surface area contributed by atoms with Gasteiger partial charge in [0.2, 0.25) is 0 Å². The minimum Gasteiger partial charge on any atom is -0.372 e. The largest absolute Gasteiger partial charge is 0.372 e. The molecule has 0 aromatic heterocycles. The highest BCUT2D eigenvalue weighted by molar-refractivity contribution is 6.53. The summed E-state index contributed by atoms with van der Waals surface area (Å²) in [5.74, 6) is 0. The van der Waals surface area contributed by atoms with E-state index in [0.29, 0.717) is 0 Å². The summed E-state index contributed by atoms with van der Waals surface area (Å²) in [6, 6.07) is 7.96. The Morgan fingerprint density at radius 1 is 1.32 bits per heavy atom. The molecule has 0 amide bonds. The molecule has 1 aliphatic heterocycles. The monoisotopic (exact) mass is 297 g/mol. The lowest BCUT2D eigenvalue weighted by molar-refractivity contribution is -0.00520. The second-order valence-corrected chi connectivity index (χ2v) is 7.98. The molecule has 0 radical (unpaired) electrons. The van der Waals surface area contributed by atoms with Gasteiger partial charge in [0, 0.05) is 13.1 Å². The first-order chi connectivity index (χ1) is 9.10. The maximum Gasteiger partial charge on any atom is 0.0726 e. The summed E-state index contributed by atoms with van der Waals surface area (Å²) in [5, 5.41) is 2.39. The first kappa shape index (κ1) is 14.9. The third-order valence-electron chi connectivity index (χ3n) is 3.59.